The molecule has 1 amide bonds. The molecule has 3 nitrogen and oxygen atoms in total. The molecule has 0 saturated heterocycles. The van der Waals surface area contributed by atoms with Crippen molar-refractivity contribution in [2.45, 2.75) is 0 Å². The third-order valence-corrected chi connectivity index (χ3v) is 6.82. The number of carbonyl (C=O) groups excluding carboxylic acids is 1. The number of benzene rings is 3. The van der Waals surface area contributed by atoms with Crippen molar-refractivity contribution in [2.24, 2.45) is 0 Å². The molecule has 5 rings (SSSR count). The molecule has 0 aliphatic carbocycles. The number of halogens is 4. The summed E-state index contributed by atoms with van der Waals surface area (Å²) in [7, 11) is 0. The lowest BCUT2D eigenvalue weighted by Gasteiger charge is -2.21. The summed E-state index contributed by atoms with van der Waals surface area (Å²) >= 11 is 24.5. The van der Waals surface area contributed by atoms with Crippen LogP contribution in [0.1, 0.15) is 11.3 Å². The van der Waals surface area contributed by atoms with Gasteiger partial charge in [0.1, 0.15) is 11.5 Å². The van der Waals surface area contributed by atoms with Gasteiger partial charge in [0.25, 0.3) is 5.91 Å². The number of anilines is 1. The minimum absolute atomic E-state index is 0.204. The largest absolute Gasteiger partial charge is 0.457 e. The van der Waals surface area contributed by atoms with E-state index in [-0.39, 0.29) is 5.91 Å². The Balaban J connectivity index is 1.55. The molecule has 3 aromatic carbocycles. The van der Waals surface area contributed by atoms with E-state index in [2.05, 4.69) is 0 Å². The van der Waals surface area contributed by atoms with Crippen LogP contribution in [0.15, 0.2) is 94.9 Å². The zero-order chi connectivity index (χ0) is 23.8. The molecule has 0 fully saturated rings. The second-order valence-electron chi connectivity index (χ2n) is 7.57. The van der Waals surface area contributed by atoms with Crippen molar-refractivity contribution in [1.82, 2.24) is 0 Å². The maximum Gasteiger partial charge on any atom is 0.263 e. The van der Waals surface area contributed by atoms with Gasteiger partial charge in [0.2, 0.25) is 0 Å². The predicted octanol–water partition coefficient (Wildman–Crippen LogP) is 9.03. The highest BCUT2D eigenvalue weighted by molar-refractivity contribution is 6.42. The first-order valence-electron chi connectivity index (χ1n) is 10.2. The third-order valence-electron chi connectivity index (χ3n) is 5.34. The second kappa shape index (κ2) is 9.36. The minimum atomic E-state index is -0.204. The van der Waals surface area contributed by atoms with Gasteiger partial charge >= 0.3 is 0 Å². The molecule has 7 heteroatoms. The maximum atomic E-state index is 13.5. The summed E-state index contributed by atoms with van der Waals surface area (Å²) in [6.45, 7) is 0. The van der Waals surface area contributed by atoms with Gasteiger partial charge in [-0.25, -0.2) is 0 Å². The molecular formula is C27H15Cl4NO2. The quantitative estimate of drug-likeness (QED) is 0.248. The highest BCUT2D eigenvalue weighted by atomic mass is 35.5. The van der Waals surface area contributed by atoms with E-state index >= 15 is 0 Å². The van der Waals surface area contributed by atoms with Crippen LogP contribution in [0.25, 0.3) is 23.1 Å². The predicted molar refractivity (Wildman–Crippen MR) is 141 cm³/mol. The van der Waals surface area contributed by atoms with Crippen molar-refractivity contribution >= 4 is 69.8 Å². The Labute approximate surface area is 216 Å². The van der Waals surface area contributed by atoms with Crippen LogP contribution in [0.5, 0.6) is 0 Å². The Bertz CT molecular complexity index is 1470. The summed E-state index contributed by atoms with van der Waals surface area (Å²) in [5.74, 6) is 0.943. The molecule has 0 saturated carbocycles. The first-order chi connectivity index (χ1) is 16.4. The van der Waals surface area contributed by atoms with E-state index in [0.717, 1.165) is 16.8 Å². The lowest BCUT2D eigenvalue weighted by Crippen LogP contribution is -2.24. The van der Waals surface area contributed by atoms with Gasteiger partial charge in [-0.3, -0.25) is 9.69 Å². The molecule has 2 heterocycles. The normalized spacial score (nSPS) is 14.7. The molecule has 0 spiro atoms. The van der Waals surface area contributed by atoms with Gasteiger partial charge in [0, 0.05) is 11.1 Å². The Morgan fingerprint density at radius 3 is 2.12 bits per heavy atom. The fraction of sp³-hybridized carbons (Fsp3) is 0. The molecule has 4 aromatic rings. The zero-order valence-corrected chi connectivity index (χ0v) is 20.5. The van der Waals surface area contributed by atoms with Crippen LogP contribution in [0, 0.1) is 0 Å². The second-order valence-corrected chi connectivity index (χ2v) is 9.19. The van der Waals surface area contributed by atoms with Gasteiger partial charge in [-0.05, 0) is 66.2 Å². The van der Waals surface area contributed by atoms with E-state index in [1.165, 1.54) is 0 Å². The van der Waals surface area contributed by atoms with Gasteiger partial charge < -0.3 is 4.42 Å². The molecule has 1 aliphatic rings. The lowest BCUT2D eigenvalue weighted by atomic mass is 10.1. The number of nitrogens with zero attached hydrogens (tertiary/aromatic N) is 1. The molecule has 1 aliphatic heterocycles. The molecule has 0 radical (unpaired) electrons. The van der Waals surface area contributed by atoms with E-state index in [1.807, 2.05) is 48.5 Å². The smallest absolute Gasteiger partial charge is 0.263 e. The number of furan rings is 1. The lowest BCUT2D eigenvalue weighted by molar-refractivity contribution is -0.113. The Morgan fingerprint density at radius 1 is 0.706 bits per heavy atom. The van der Waals surface area contributed by atoms with E-state index < -0.39 is 0 Å². The maximum absolute atomic E-state index is 13.5. The fourth-order valence-corrected chi connectivity index (χ4v) is 4.30. The SMILES string of the molecule is O=C1C(=Cc2ccc(-c3ccc(Cl)c(Cl)c3)o2)C=C(c2ccccc2)N1c1ccc(Cl)c(Cl)c1. The number of rotatable bonds is 4. The molecule has 0 unspecified atom stereocenters. The van der Waals surface area contributed by atoms with Crippen molar-refractivity contribution in [3.05, 3.63) is 122 Å². The molecule has 1 aromatic heterocycles. The van der Waals surface area contributed by atoms with E-state index in [1.54, 1.807) is 47.4 Å². The van der Waals surface area contributed by atoms with Crippen molar-refractivity contribution in [1.29, 1.82) is 0 Å². The van der Waals surface area contributed by atoms with Crippen LogP contribution in [0.3, 0.4) is 0 Å². The Hall–Kier alpha value is -2.95. The topological polar surface area (TPSA) is 33.5 Å². The molecule has 168 valence electrons. The summed E-state index contributed by atoms with van der Waals surface area (Å²) < 4.78 is 5.97. The van der Waals surface area contributed by atoms with Gasteiger partial charge in [0.05, 0.1) is 31.5 Å². The third kappa shape index (κ3) is 4.40. The average molecular weight is 527 g/mol. The number of hydrogen-bond donors (Lipinski definition) is 0. The Kier molecular flexibility index (Phi) is 6.28. The number of hydrogen-bond acceptors (Lipinski definition) is 2. The van der Waals surface area contributed by atoms with E-state index in [9.17, 15) is 4.79 Å². The summed E-state index contributed by atoms with van der Waals surface area (Å²) in [4.78, 5) is 15.1. The van der Waals surface area contributed by atoms with Crippen LogP contribution in [-0.2, 0) is 4.79 Å². The Morgan fingerprint density at radius 2 is 1.41 bits per heavy atom. The van der Waals surface area contributed by atoms with Crippen molar-refractivity contribution in [3.8, 4) is 11.3 Å². The van der Waals surface area contributed by atoms with Crippen LogP contribution in [0.2, 0.25) is 20.1 Å². The van der Waals surface area contributed by atoms with E-state index in [0.29, 0.717) is 42.9 Å². The molecule has 34 heavy (non-hydrogen) atoms. The molecule has 0 bridgehead atoms. The summed E-state index contributed by atoms with van der Waals surface area (Å²) in [6.07, 6.45) is 3.55. The van der Waals surface area contributed by atoms with Crippen LogP contribution >= 0.6 is 46.4 Å². The molecule has 0 atom stereocenters. The molecule has 0 N–H and O–H groups in total. The van der Waals surface area contributed by atoms with Gasteiger partial charge in [-0.15, -0.1) is 0 Å². The first-order valence-corrected chi connectivity index (χ1v) is 11.8. The van der Waals surface area contributed by atoms with Gasteiger partial charge in [-0.2, -0.15) is 0 Å². The van der Waals surface area contributed by atoms with Crippen molar-refractivity contribution < 1.29 is 9.21 Å². The van der Waals surface area contributed by atoms with Crippen molar-refractivity contribution in [2.75, 3.05) is 4.90 Å². The van der Waals surface area contributed by atoms with Gasteiger partial charge in [-0.1, -0.05) is 76.7 Å². The number of carbonyl (C=O) groups is 1. The highest BCUT2D eigenvalue weighted by Crippen LogP contribution is 2.38. The summed E-state index contributed by atoms with van der Waals surface area (Å²) in [6, 6.07) is 23.7. The van der Waals surface area contributed by atoms with Gasteiger partial charge in [0.15, 0.2) is 0 Å². The minimum Gasteiger partial charge on any atom is -0.457 e. The standard InChI is InChI=1S/C27H15Cl4NO2/c28-21-9-6-17(13-23(21)30)26-11-8-20(34-26)12-18-14-25(16-4-2-1-3-5-16)32(27(18)33)19-7-10-22(29)24(31)15-19/h1-15H. The summed E-state index contributed by atoms with van der Waals surface area (Å²) in [5.41, 5.74) is 3.50. The summed E-state index contributed by atoms with van der Waals surface area (Å²) in [5, 5.41) is 1.70. The molecular weight excluding hydrogens is 512 g/mol. The van der Waals surface area contributed by atoms with Crippen LogP contribution in [0.4, 0.5) is 5.69 Å². The number of amides is 1. The first kappa shape index (κ1) is 22.8. The van der Waals surface area contributed by atoms with Crippen LogP contribution < -0.4 is 4.90 Å². The van der Waals surface area contributed by atoms with Crippen LogP contribution in [-0.4, -0.2) is 5.91 Å². The highest BCUT2D eigenvalue weighted by Gasteiger charge is 2.31. The average Bonchev–Trinajstić information content (AvgIpc) is 3.43. The zero-order valence-electron chi connectivity index (χ0n) is 17.4. The fourth-order valence-electron chi connectivity index (χ4n) is 3.71. The van der Waals surface area contributed by atoms with E-state index in [4.69, 9.17) is 50.8 Å². The monoisotopic (exact) mass is 525 g/mol. The van der Waals surface area contributed by atoms with Crippen molar-refractivity contribution in [3.63, 3.8) is 0 Å².